The van der Waals surface area contributed by atoms with Crippen molar-refractivity contribution >= 4 is 21.6 Å². The number of nitrogens with one attached hydrogen (secondary N) is 1. The van der Waals surface area contributed by atoms with Crippen LogP contribution < -0.4 is 4.72 Å². The van der Waals surface area contributed by atoms with Crippen LogP contribution in [-0.2, 0) is 21.2 Å². The molecule has 0 aliphatic rings. The number of carbonyl (C=O) groups is 1. The molecule has 7 nitrogen and oxygen atoms in total. The van der Waals surface area contributed by atoms with Crippen molar-refractivity contribution in [2.24, 2.45) is 0 Å². The first-order chi connectivity index (χ1) is 10.8. The maximum atomic E-state index is 12.1. The third-order valence-electron chi connectivity index (χ3n) is 3.09. The van der Waals surface area contributed by atoms with E-state index in [1.54, 1.807) is 12.1 Å². The second-order valence-electron chi connectivity index (χ2n) is 4.94. The lowest BCUT2D eigenvalue weighted by molar-refractivity contribution is -0.384. The molecule has 2 aromatic carbocycles. The van der Waals surface area contributed by atoms with Crippen LogP contribution in [0.2, 0.25) is 0 Å². The van der Waals surface area contributed by atoms with Gasteiger partial charge in [0, 0.05) is 12.1 Å². The SMILES string of the molecule is Cc1ccc(S(=O)(=O)NC(=O)Cc2ccc([N+](=O)[O-])cc2)cc1. The van der Waals surface area contributed by atoms with Crippen LogP contribution in [0.25, 0.3) is 0 Å². The third-order valence-corrected chi connectivity index (χ3v) is 4.48. The van der Waals surface area contributed by atoms with Gasteiger partial charge < -0.3 is 0 Å². The molecule has 0 heterocycles. The van der Waals surface area contributed by atoms with Crippen molar-refractivity contribution in [2.45, 2.75) is 18.2 Å². The molecule has 0 saturated heterocycles. The number of benzene rings is 2. The van der Waals surface area contributed by atoms with E-state index in [1.807, 2.05) is 11.6 Å². The Labute approximate surface area is 133 Å². The van der Waals surface area contributed by atoms with Crippen LogP contribution in [0.5, 0.6) is 0 Å². The van der Waals surface area contributed by atoms with Crippen LogP contribution in [0.4, 0.5) is 5.69 Å². The molecule has 0 unspecified atom stereocenters. The van der Waals surface area contributed by atoms with Crippen molar-refractivity contribution in [1.82, 2.24) is 4.72 Å². The first-order valence-electron chi connectivity index (χ1n) is 6.63. The average molecular weight is 334 g/mol. The largest absolute Gasteiger partial charge is 0.274 e. The number of amides is 1. The highest BCUT2D eigenvalue weighted by molar-refractivity contribution is 7.90. The van der Waals surface area contributed by atoms with Gasteiger partial charge >= 0.3 is 0 Å². The maximum Gasteiger partial charge on any atom is 0.269 e. The van der Waals surface area contributed by atoms with Crippen LogP contribution in [0, 0.1) is 17.0 Å². The van der Waals surface area contributed by atoms with Gasteiger partial charge in [-0.05, 0) is 24.6 Å². The molecule has 0 aliphatic heterocycles. The lowest BCUT2D eigenvalue weighted by Crippen LogP contribution is -2.31. The molecule has 0 aromatic heterocycles. The molecule has 2 rings (SSSR count). The monoisotopic (exact) mass is 334 g/mol. The molecule has 8 heteroatoms. The van der Waals surface area contributed by atoms with E-state index in [4.69, 9.17) is 0 Å². The summed E-state index contributed by atoms with van der Waals surface area (Å²) >= 11 is 0. The van der Waals surface area contributed by atoms with E-state index >= 15 is 0 Å². The lowest BCUT2D eigenvalue weighted by atomic mass is 10.1. The minimum absolute atomic E-state index is 0.000138. The number of rotatable bonds is 5. The molecule has 23 heavy (non-hydrogen) atoms. The molecule has 0 saturated carbocycles. The van der Waals surface area contributed by atoms with Gasteiger partial charge in [0.25, 0.3) is 15.7 Å². The topological polar surface area (TPSA) is 106 Å². The Morgan fingerprint density at radius 2 is 1.65 bits per heavy atom. The van der Waals surface area contributed by atoms with Gasteiger partial charge in [0.2, 0.25) is 5.91 Å². The Bertz CT molecular complexity index is 827. The highest BCUT2D eigenvalue weighted by Gasteiger charge is 2.17. The van der Waals surface area contributed by atoms with E-state index in [2.05, 4.69) is 0 Å². The third kappa shape index (κ3) is 4.36. The van der Waals surface area contributed by atoms with Crippen molar-refractivity contribution < 1.29 is 18.1 Å². The molecule has 1 N–H and O–H groups in total. The Morgan fingerprint density at radius 1 is 1.09 bits per heavy atom. The number of nitrogens with zero attached hydrogens (tertiary/aromatic N) is 1. The number of nitro groups is 1. The van der Waals surface area contributed by atoms with E-state index in [0.29, 0.717) is 5.56 Å². The molecule has 1 amide bonds. The van der Waals surface area contributed by atoms with E-state index in [9.17, 15) is 23.3 Å². The molecule has 120 valence electrons. The van der Waals surface area contributed by atoms with Crippen LogP contribution in [0.1, 0.15) is 11.1 Å². The highest BCUT2D eigenvalue weighted by atomic mass is 32.2. The maximum absolute atomic E-state index is 12.1. The number of carbonyl (C=O) groups excluding carboxylic acids is 1. The van der Waals surface area contributed by atoms with Crippen LogP contribution in [0.15, 0.2) is 53.4 Å². The predicted molar refractivity (Wildman–Crippen MR) is 83.3 cm³/mol. The molecular weight excluding hydrogens is 320 g/mol. The number of hydrogen-bond acceptors (Lipinski definition) is 5. The second-order valence-corrected chi connectivity index (χ2v) is 6.62. The summed E-state index contributed by atoms with van der Waals surface area (Å²) in [6, 6.07) is 11.4. The van der Waals surface area contributed by atoms with E-state index < -0.39 is 20.9 Å². The number of hydrogen-bond donors (Lipinski definition) is 1. The predicted octanol–water partition coefficient (Wildman–Crippen LogP) is 1.95. The summed E-state index contributed by atoms with van der Waals surface area (Å²) in [4.78, 5) is 21.9. The average Bonchev–Trinajstić information content (AvgIpc) is 2.47. The minimum Gasteiger partial charge on any atom is -0.274 e. The van der Waals surface area contributed by atoms with Gasteiger partial charge in [-0.25, -0.2) is 13.1 Å². The highest BCUT2D eigenvalue weighted by Crippen LogP contribution is 2.13. The van der Waals surface area contributed by atoms with Gasteiger partial charge in [-0.2, -0.15) is 0 Å². The Hall–Kier alpha value is -2.74. The van der Waals surface area contributed by atoms with Gasteiger partial charge in [-0.1, -0.05) is 29.8 Å². The quantitative estimate of drug-likeness (QED) is 0.664. The number of non-ortho nitro benzene ring substituents is 1. The fourth-order valence-electron chi connectivity index (χ4n) is 1.88. The molecular formula is C15H14N2O5S. The van der Waals surface area contributed by atoms with Gasteiger partial charge in [0.15, 0.2) is 0 Å². The fourth-order valence-corrected chi connectivity index (χ4v) is 2.87. The van der Waals surface area contributed by atoms with Gasteiger partial charge in [-0.15, -0.1) is 0 Å². The van der Waals surface area contributed by atoms with Crippen LogP contribution in [-0.4, -0.2) is 19.2 Å². The molecule has 2 aromatic rings. The van der Waals surface area contributed by atoms with Crippen molar-refractivity contribution in [2.75, 3.05) is 0 Å². The standard InChI is InChI=1S/C15H14N2O5S/c1-11-2-8-14(9-3-11)23(21,22)16-15(18)10-12-4-6-13(7-5-12)17(19)20/h2-9H,10H2,1H3,(H,16,18). The zero-order valence-corrected chi connectivity index (χ0v) is 13.0. The Balaban J connectivity index is 2.06. The zero-order chi connectivity index (χ0) is 17.0. The normalized spacial score (nSPS) is 11.0. The summed E-state index contributed by atoms with van der Waals surface area (Å²) in [7, 11) is -3.93. The van der Waals surface area contributed by atoms with Crippen molar-refractivity contribution in [3.8, 4) is 0 Å². The summed E-state index contributed by atoms with van der Waals surface area (Å²) in [5.74, 6) is -0.709. The minimum atomic E-state index is -3.93. The summed E-state index contributed by atoms with van der Waals surface area (Å²) in [5.41, 5.74) is 1.29. The fraction of sp³-hybridized carbons (Fsp3) is 0.133. The first kappa shape index (κ1) is 16.6. The molecule has 0 aliphatic carbocycles. The Kier molecular flexibility index (Phi) is 4.75. The smallest absolute Gasteiger partial charge is 0.269 e. The summed E-state index contributed by atoms with van der Waals surface area (Å²) in [6.45, 7) is 1.82. The summed E-state index contributed by atoms with van der Waals surface area (Å²) in [5, 5.41) is 10.5. The van der Waals surface area contributed by atoms with Crippen molar-refractivity contribution in [1.29, 1.82) is 0 Å². The molecule has 0 radical (unpaired) electrons. The van der Waals surface area contributed by atoms with Gasteiger partial charge in [0.05, 0.1) is 16.2 Å². The number of sulfonamides is 1. The molecule has 0 bridgehead atoms. The molecule has 0 fully saturated rings. The van der Waals surface area contributed by atoms with Crippen molar-refractivity contribution in [3.05, 3.63) is 69.8 Å². The van der Waals surface area contributed by atoms with Gasteiger partial charge in [-0.3, -0.25) is 14.9 Å². The molecule has 0 spiro atoms. The van der Waals surface area contributed by atoms with Gasteiger partial charge in [0.1, 0.15) is 0 Å². The van der Waals surface area contributed by atoms with Crippen LogP contribution >= 0.6 is 0 Å². The lowest BCUT2D eigenvalue weighted by Gasteiger charge is -2.07. The summed E-state index contributed by atoms with van der Waals surface area (Å²) in [6.07, 6.45) is -0.191. The van der Waals surface area contributed by atoms with E-state index in [1.165, 1.54) is 36.4 Å². The zero-order valence-electron chi connectivity index (χ0n) is 12.2. The number of aryl methyl sites for hydroxylation is 1. The first-order valence-corrected chi connectivity index (χ1v) is 8.12. The second kappa shape index (κ2) is 6.57. The molecule has 0 atom stereocenters. The van der Waals surface area contributed by atoms with E-state index in [0.717, 1.165) is 5.56 Å². The number of nitro benzene ring substituents is 1. The Morgan fingerprint density at radius 3 is 2.17 bits per heavy atom. The van der Waals surface area contributed by atoms with Crippen LogP contribution in [0.3, 0.4) is 0 Å². The van der Waals surface area contributed by atoms with Crippen molar-refractivity contribution in [3.63, 3.8) is 0 Å². The van der Waals surface area contributed by atoms with E-state index in [-0.39, 0.29) is 17.0 Å². The summed E-state index contributed by atoms with van der Waals surface area (Å²) < 4.78 is 26.1.